The summed E-state index contributed by atoms with van der Waals surface area (Å²) in [7, 11) is 0. The molecule has 25 heavy (non-hydrogen) atoms. The second-order valence-electron chi connectivity index (χ2n) is 5.83. The average molecular weight is 359 g/mol. The molecule has 1 aliphatic rings. The van der Waals surface area contributed by atoms with Gasteiger partial charge in [-0.15, -0.1) is 11.8 Å². The van der Waals surface area contributed by atoms with Crippen LogP contribution in [0.5, 0.6) is 0 Å². The van der Waals surface area contributed by atoms with Crippen molar-refractivity contribution in [3.63, 3.8) is 0 Å². The zero-order valence-corrected chi connectivity index (χ0v) is 14.6. The number of nitrogens with zero attached hydrogens (tertiary/aromatic N) is 1. The maximum atomic E-state index is 13.5. The van der Waals surface area contributed by atoms with Gasteiger partial charge in [-0.1, -0.05) is 30.3 Å². The van der Waals surface area contributed by atoms with Gasteiger partial charge in [-0.3, -0.25) is 9.59 Å². The number of fused-ring (bicyclic) bond motifs is 1. The Morgan fingerprint density at radius 1 is 1.20 bits per heavy atom. The number of carbonyl (C=O) groups is 2. The maximum absolute atomic E-state index is 13.5. The average Bonchev–Trinajstić information content (AvgIpc) is 2.94. The molecule has 130 valence electrons. The molecule has 3 rings (SSSR count). The summed E-state index contributed by atoms with van der Waals surface area (Å²) in [6, 6.07) is 14.0. The van der Waals surface area contributed by atoms with Gasteiger partial charge in [0.1, 0.15) is 5.82 Å². The van der Waals surface area contributed by atoms with Crippen LogP contribution in [0.15, 0.2) is 53.4 Å². The molecule has 0 fully saturated rings. The van der Waals surface area contributed by atoms with Gasteiger partial charge in [0.2, 0.25) is 0 Å². The molecule has 1 atom stereocenters. The highest BCUT2D eigenvalue weighted by Gasteiger charge is 2.30. The van der Waals surface area contributed by atoms with Crippen molar-refractivity contribution in [2.24, 2.45) is 0 Å². The minimum atomic E-state index is -0.540. The van der Waals surface area contributed by atoms with E-state index in [1.165, 1.54) is 6.07 Å². The highest BCUT2D eigenvalue weighted by molar-refractivity contribution is 8.00. The molecule has 1 amide bonds. The van der Waals surface area contributed by atoms with Crippen LogP contribution in [-0.2, 0) is 20.7 Å². The van der Waals surface area contributed by atoms with Gasteiger partial charge in [0.15, 0.2) is 6.61 Å². The van der Waals surface area contributed by atoms with Gasteiger partial charge in [0, 0.05) is 16.6 Å². The number of amides is 1. The second-order valence-corrected chi connectivity index (χ2v) is 6.84. The first kappa shape index (κ1) is 17.5. The molecule has 4 nitrogen and oxygen atoms in total. The molecule has 0 saturated heterocycles. The Balaban J connectivity index is 1.52. The van der Waals surface area contributed by atoms with Crippen molar-refractivity contribution < 1.29 is 18.7 Å². The number of para-hydroxylation sites is 1. The number of benzene rings is 2. The van der Waals surface area contributed by atoms with Crippen molar-refractivity contribution in [1.82, 2.24) is 0 Å². The molecule has 2 aromatic carbocycles. The monoisotopic (exact) mass is 359 g/mol. The number of anilines is 1. The minimum absolute atomic E-state index is 0.0383. The van der Waals surface area contributed by atoms with Crippen LogP contribution < -0.4 is 4.90 Å². The quantitative estimate of drug-likeness (QED) is 0.606. The van der Waals surface area contributed by atoms with Gasteiger partial charge in [0.05, 0.1) is 5.75 Å². The molecule has 0 bridgehead atoms. The summed E-state index contributed by atoms with van der Waals surface area (Å²) in [5.41, 5.74) is 1.99. The Kier molecular flexibility index (Phi) is 5.38. The lowest BCUT2D eigenvalue weighted by Gasteiger charge is -2.22. The molecule has 1 aliphatic heterocycles. The van der Waals surface area contributed by atoms with Crippen LogP contribution in [0.3, 0.4) is 0 Å². The molecule has 1 heterocycles. The second kappa shape index (κ2) is 7.70. The Bertz CT molecular complexity index is 796. The van der Waals surface area contributed by atoms with E-state index in [1.807, 2.05) is 31.2 Å². The summed E-state index contributed by atoms with van der Waals surface area (Å²) < 4.78 is 18.6. The van der Waals surface area contributed by atoms with Crippen LogP contribution >= 0.6 is 11.8 Å². The number of rotatable bonds is 5. The lowest BCUT2D eigenvalue weighted by Crippen LogP contribution is -2.38. The standard InChI is InChI=1S/C19H18FNO3S/c1-13-10-14-6-2-4-8-16(14)21(13)18(22)11-24-19(23)12-25-17-9-5-3-7-15(17)20/h2-9,13H,10-12H2,1H3/t13-/m1/s1. The molecule has 0 aromatic heterocycles. The van der Waals surface area contributed by atoms with Crippen molar-refractivity contribution in [1.29, 1.82) is 0 Å². The van der Waals surface area contributed by atoms with Crippen molar-refractivity contribution in [3.8, 4) is 0 Å². The summed E-state index contributed by atoms with van der Waals surface area (Å²) in [5.74, 6) is -1.21. The summed E-state index contributed by atoms with van der Waals surface area (Å²) in [6.07, 6.45) is 0.791. The third kappa shape index (κ3) is 4.02. The van der Waals surface area contributed by atoms with Gasteiger partial charge in [-0.25, -0.2) is 4.39 Å². The van der Waals surface area contributed by atoms with E-state index >= 15 is 0 Å². The first-order valence-corrected chi connectivity index (χ1v) is 8.97. The van der Waals surface area contributed by atoms with E-state index in [0.717, 1.165) is 29.4 Å². The maximum Gasteiger partial charge on any atom is 0.316 e. The van der Waals surface area contributed by atoms with Crippen molar-refractivity contribution in [3.05, 3.63) is 59.9 Å². The number of ether oxygens (including phenoxy) is 1. The number of hydrogen-bond donors (Lipinski definition) is 0. The zero-order chi connectivity index (χ0) is 17.8. The van der Waals surface area contributed by atoms with Gasteiger partial charge < -0.3 is 9.64 Å². The van der Waals surface area contributed by atoms with Crippen LogP contribution in [-0.4, -0.2) is 30.3 Å². The van der Waals surface area contributed by atoms with E-state index in [1.54, 1.807) is 23.1 Å². The molecular formula is C19H18FNO3S. The number of carbonyl (C=O) groups excluding carboxylic acids is 2. The summed E-state index contributed by atoms with van der Waals surface area (Å²) in [4.78, 5) is 26.3. The first-order valence-electron chi connectivity index (χ1n) is 7.99. The topological polar surface area (TPSA) is 46.6 Å². The molecule has 0 unspecified atom stereocenters. The molecular weight excluding hydrogens is 341 g/mol. The predicted octanol–water partition coefficient (Wildman–Crippen LogP) is 3.44. The normalized spacial score (nSPS) is 15.8. The number of thioether (sulfide) groups is 1. The van der Waals surface area contributed by atoms with Gasteiger partial charge in [-0.05, 0) is 37.1 Å². The molecule has 2 aromatic rings. The van der Waals surface area contributed by atoms with Crippen molar-refractivity contribution >= 4 is 29.3 Å². The van der Waals surface area contributed by atoms with Gasteiger partial charge in [0.25, 0.3) is 5.91 Å². The highest BCUT2D eigenvalue weighted by Crippen LogP contribution is 2.31. The van der Waals surface area contributed by atoms with Crippen LogP contribution in [0.4, 0.5) is 10.1 Å². The third-order valence-electron chi connectivity index (χ3n) is 4.01. The molecule has 0 aliphatic carbocycles. The fourth-order valence-electron chi connectivity index (χ4n) is 2.90. The number of halogens is 1. The number of esters is 1. The Hall–Kier alpha value is -2.34. The fourth-order valence-corrected chi connectivity index (χ4v) is 3.63. The summed E-state index contributed by atoms with van der Waals surface area (Å²) >= 11 is 1.05. The summed E-state index contributed by atoms with van der Waals surface area (Å²) in [5, 5.41) is 0. The minimum Gasteiger partial charge on any atom is -0.455 e. The Morgan fingerprint density at radius 2 is 1.92 bits per heavy atom. The highest BCUT2D eigenvalue weighted by atomic mass is 32.2. The lowest BCUT2D eigenvalue weighted by atomic mass is 10.1. The summed E-state index contributed by atoms with van der Waals surface area (Å²) in [6.45, 7) is 1.66. The van der Waals surface area contributed by atoms with Gasteiger partial charge in [-0.2, -0.15) is 0 Å². The van der Waals surface area contributed by atoms with E-state index in [0.29, 0.717) is 4.90 Å². The van der Waals surface area contributed by atoms with Crippen LogP contribution in [0.1, 0.15) is 12.5 Å². The number of hydrogen-bond acceptors (Lipinski definition) is 4. The van der Waals surface area contributed by atoms with Crippen molar-refractivity contribution in [2.75, 3.05) is 17.3 Å². The molecule has 0 N–H and O–H groups in total. The molecule has 6 heteroatoms. The first-order chi connectivity index (χ1) is 12.1. The van der Waals surface area contributed by atoms with E-state index in [2.05, 4.69) is 0 Å². The molecule has 0 spiro atoms. The van der Waals surface area contributed by atoms with Crippen LogP contribution in [0.25, 0.3) is 0 Å². The van der Waals surface area contributed by atoms with Crippen molar-refractivity contribution in [2.45, 2.75) is 24.3 Å². The van der Waals surface area contributed by atoms with Gasteiger partial charge >= 0.3 is 5.97 Å². The fraction of sp³-hybridized carbons (Fsp3) is 0.263. The van der Waals surface area contributed by atoms with Crippen LogP contribution in [0, 0.1) is 5.82 Å². The predicted molar refractivity (Wildman–Crippen MR) is 95.2 cm³/mol. The lowest BCUT2D eigenvalue weighted by molar-refractivity contribution is -0.145. The third-order valence-corrected chi connectivity index (χ3v) is 5.04. The Labute approximate surface area is 150 Å². The zero-order valence-electron chi connectivity index (χ0n) is 13.8. The smallest absolute Gasteiger partial charge is 0.316 e. The van der Waals surface area contributed by atoms with E-state index in [9.17, 15) is 14.0 Å². The van der Waals surface area contributed by atoms with E-state index < -0.39 is 5.97 Å². The van der Waals surface area contributed by atoms with E-state index in [4.69, 9.17) is 4.74 Å². The Morgan fingerprint density at radius 3 is 2.72 bits per heavy atom. The SMILES string of the molecule is C[C@@H]1Cc2ccccc2N1C(=O)COC(=O)CSc1ccccc1F. The largest absolute Gasteiger partial charge is 0.455 e. The van der Waals surface area contributed by atoms with Crippen LogP contribution in [0.2, 0.25) is 0 Å². The van der Waals surface area contributed by atoms with E-state index in [-0.39, 0.29) is 30.1 Å². The molecule has 0 radical (unpaired) electrons. The molecule has 0 saturated carbocycles.